The molecule has 2 aromatic rings. The second-order valence-corrected chi connectivity index (χ2v) is 9.67. The van der Waals surface area contributed by atoms with Crippen LogP contribution in [0.2, 0.25) is 0 Å². The molecular weight excluding hydrogens is 408 g/mol. The van der Waals surface area contributed by atoms with E-state index in [9.17, 15) is 4.79 Å². The number of ether oxygens (including phenoxy) is 1. The number of benzene rings is 1. The van der Waals surface area contributed by atoms with E-state index in [0.717, 1.165) is 43.5 Å². The number of thiophene rings is 1. The second-order valence-electron chi connectivity index (χ2n) is 8.64. The maximum Gasteiger partial charge on any atom is 0.243 e. The van der Waals surface area contributed by atoms with Gasteiger partial charge in [0.25, 0.3) is 0 Å². The maximum atomic E-state index is 12.1. The van der Waals surface area contributed by atoms with E-state index in [1.165, 1.54) is 17.7 Å². The number of aliphatic imine (C=N–C) groups is 1. The minimum absolute atomic E-state index is 0.0148. The Balaban J connectivity index is 1.51. The normalized spacial score (nSPS) is 19.5. The number of hydrogen-bond acceptors (Lipinski definition) is 4. The lowest BCUT2D eigenvalue weighted by Gasteiger charge is -2.40. The summed E-state index contributed by atoms with van der Waals surface area (Å²) >= 11 is 1.76. The number of para-hydroxylation sites is 1. The first-order valence-electron chi connectivity index (χ1n) is 11.1. The minimum atomic E-state index is -0.0897. The van der Waals surface area contributed by atoms with Gasteiger partial charge in [-0.1, -0.05) is 24.3 Å². The summed E-state index contributed by atoms with van der Waals surface area (Å²) in [5, 5.41) is 9.17. The predicted octanol–water partition coefficient (Wildman–Crippen LogP) is 3.75. The smallest absolute Gasteiger partial charge is 0.243 e. The zero-order valence-electron chi connectivity index (χ0n) is 18.4. The molecule has 166 valence electrons. The van der Waals surface area contributed by atoms with Crippen LogP contribution in [0.1, 0.15) is 48.6 Å². The molecule has 31 heavy (non-hydrogen) atoms. The van der Waals surface area contributed by atoms with Gasteiger partial charge in [-0.3, -0.25) is 4.79 Å². The summed E-state index contributed by atoms with van der Waals surface area (Å²) in [6.07, 6.45) is 6.46. The van der Waals surface area contributed by atoms with Gasteiger partial charge in [-0.15, -0.1) is 11.3 Å². The van der Waals surface area contributed by atoms with Gasteiger partial charge in [-0.2, -0.15) is 0 Å². The van der Waals surface area contributed by atoms with Crippen LogP contribution in [0.25, 0.3) is 0 Å². The van der Waals surface area contributed by atoms with Crippen molar-refractivity contribution in [1.29, 1.82) is 0 Å². The molecule has 1 atom stereocenters. The number of nitrogens with one attached hydrogen (secondary N) is 2. The molecule has 0 saturated heterocycles. The molecule has 1 fully saturated rings. The van der Waals surface area contributed by atoms with E-state index in [2.05, 4.69) is 51.3 Å². The molecule has 2 N–H and O–H groups in total. The van der Waals surface area contributed by atoms with Crippen LogP contribution in [0, 0.1) is 0 Å². The van der Waals surface area contributed by atoms with Crippen LogP contribution >= 0.6 is 11.3 Å². The number of carbonyl (C=O) groups excluding carboxylic acids is 1. The fourth-order valence-electron chi connectivity index (χ4n) is 4.44. The van der Waals surface area contributed by atoms with Crippen molar-refractivity contribution in [2.75, 3.05) is 27.2 Å². The summed E-state index contributed by atoms with van der Waals surface area (Å²) < 4.78 is 6.49. The molecule has 4 rings (SSSR count). The van der Waals surface area contributed by atoms with E-state index in [4.69, 9.17) is 4.74 Å². The van der Waals surface area contributed by atoms with Crippen LogP contribution < -0.4 is 15.4 Å². The molecule has 1 amide bonds. The van der Waals surface area contributed by atoms with Gasteiger partial charge >= 0.3 is 0 Å². The summed E-state index contributed by atoms with van der Waals surface area (Å²) in [7, 11) is 3.52. The van der Waals surface area contributed by atoms with Crippen molar-refractivity contribution in [2.24, 2.45) is 4.99 Å². The Morgan fingerprint density at radius 3 is 2.77 bits per heavy atom. The monoisotopic (exact) mass is 440 g/mol. The molecule has 1 unspecified atom stereocenters. The third kappa shape index (κ3) is 5.39. The first-order chi connectivity index (χ1) is 15.0. The van der Waals surface area contributed by atoms with Crippen LogP contribution in [-0.4, -0.2) is 49.6 Å². The van der Waals surface area contributed by atoms with E-state index < -0.39 is 0 Å². The highest BCUT2D eigenvalue weighted by Crippen LogP contribution is 2.46. The highest BCUT2D eigenvalue weighted by molar-refractivity contribution is 7.09. The van der Waals surface area contributed by atoms with Gasteiger partial charge in [0, 0.05) is 37.5 Å². The van der Waals surface area contributed by atoms with Crippen LogP contribution in [0.5, 0.6) is 5.75 Å². The van der Waals surface area contributed by atoms with Crippen LogP contribution in [0.3, 0.4) is 0 Å². The number of likely N-dealkylation sites (N-methyl/N-ethyl adjacent to an activating group) is 1. The van der Waals surface area contributed by atoms with Gasteiger partial charge in [0.2, 0.25) is 5.91 Å². The lowest BCUT2D eigenvalue weighted by Crippen LogP contribution is -2.47. The van der Waals surface area contributed by atoms with Gasteiger partial charge < -0.3 is 20.3 Å². The number of guanidine groups is 1. The molecule has 2 heterocycles. The maximum absolute atomic E-state index is 12.1. The molecule has 1 saturated carbocycles. The average Bonchev–Trinajstić information content (AvgIpc) is 3.44. The summed E-state index contributed by atoms with van der Waals surface area (Å²) in [4.78, 5) is 19.7. The molecule has 1 aliphatic heterocycles. The molecule has 2 aliphatic rings. The molecule has 1 aromatic carbocycles. The molecule has 0 bridgehead atoms. The zero-order valence-corrected chi connectivity index (χ0v) is 19.2. The Morgan fingerprint density at radius 1 is 1.23 bits per heavy atom. The molecule has 1 aromatic heterocycles. The van der Waals surface area contributed by atoms with E-state index >= 15 is 0 Å². The van der Waals surface area contributed by atoms with Crippen LogP contribution in [0.15, 0.2) is 46.8 Å². The fraction of sp³-hybridized carbons (Fsp3) is 0.500. The molecule has 1 aliphatic carbocycles. The quantitative estimate of drug-likeness (QED) is 0.530. The first-order valence-corrected chi connectivity index (χ1v) is 12.0. The third-order valence-electron chi connectivity index (χ3n) is 6.14. The Labute approximate surface area is 188 Å². The molecule has 6 nitrogen and oxygen atoms in total. The number of hydrogen-bond donors (Lipinski definition) is 2. The summed E-state index contributed by atoms with van der Waals surface area (Å²) in [6.45, 7) is 0.885. The highest BCUT2D eigenvalue weighted by Gasteiger charge is 2.43. The zero-order chi connectivity index (χ0) is 21.7. The Bertz CT molecular complexity index is 904. The number of amides is 1. The van der Waals surface area contributed by atoms with E-state index in [1.807, 2.05) is 6.07 Å². The topological polar surface area (TPSA) is 66.0 Å². The van der Waals surface area contributed by atoms with Crippen LogP contribution in [0.4, 0.5) is 0 Å². The number of nitrogens with zero attached hydrogens (tertiary/aromatic N) is 2. The van der Waals surface area contributed by atoms with E-state index in [-0.39, 0.29) is 24.1 Å². The number of fused-ring (bicyclic) bond motifs is 1. The third-order valence-corrected chi connectivity index (χ3v) is 7.07. The predicted molar refractivity (Wildman–Crippen MR) is 126 cm³/mol. The van der Waals surface area contributed by atoms with Crippen molar-refractivity contribution in [1.82, 2.24) is 15.5 Å². The van der Waals surface area contributed by atoms with Gasteiger partial charge in [0.1, 0.15) is 17.9 Å². The van der Waals surface area contributed by atoms with E-state index in [1.54, 1.807) is 30.3 Å². The molecular formula is C24H32N4O2S. The number of rotatable bonds is 6. The van der Waals surface area contributed by atoms with Gasteiger partial charge in [-0.05, 0) is 49.6 Å². The highest BCUT2D eigenvalue weighted by atomic mass is 32.1. The van der Waals surface area contributed by atoms with Gasteiger partial charge in [-0.25, -0.2) is 4.99 Å². The van der Waals surface area contributed by atoms with Crippen molar-refractivity contribution in [3.05, 3.63) is 52.2 Å². The van der Waals surface area contributed by atoms with Crippen molar-refractivity contribution in [3.8, 4) is 5.75 Å². The van der Waals surface area contributed by atoms with Crippen molar-refractivity contribution in [3.63, 3.8) is 0 Å². The van der Waals surface area contributed by atoms with E-state index in [0.29, 0.717) is 5.96 Å². The SMILES string of the molecule is CN(C)C(=O)CN=C(NCCc1cccs1)NC1CC2(CCCC2)Oc2ccccc21. The molecule has 1 spiro atoms. The van der Waals surface area contributed by atoms with Crippen molar-refractivity contribution < 1.29 is 9.53 Å². The lowest BCUT2D eigenvalue weighted by molar-refractivity contribution is -0.127. The lowest BCUT2D eigenvalue weighted by atomic mass is 9.86. The first kappa shape index (κ1) is 21.7. The summed E-state index contributed by atoms with van der Waals surface area (Å²) in [5.74, 6) is 1.64. The van der Waals surface area contributed by atoms with Crippen LogP contribution in [-0.2, 0) is 11.2 Å². The van der Waals surface area contributed by atoms with Gasteiger partial charge in [0.05, 0.1) is 6.04 Å². The summed E-state index contributed by atoms with van der Waals surface area (Å²) in [6, 6.07) is 12.6. The Hall–Kier alpha value is -2.54. The molecule has 7 heteroatoms. The standard InChI is InChI=1S/C24H32N4O2S/c1-28(2)22(29)17-26-23(25-14-11-18-8-7-15-31-18)27-20-16-24(12-5-6-13-24)30-21-10-4-3-9-19(20)21/h3-4,7-10,15,20H,5-6,11-14,16-17H2,1-2H3,(H2,25,26,27). The van der Waals surface area contributed by atoms with Crippen molar-refractivity contribution in [2.45, 2.75) is 50.2 Å². The molecule has 0 radical (unpaired) electrons. The number of carbonyl (C=O) groups is 1. The second kappa shape index (κ2) is 9.73. The summed E-state index contributed by atoms with van der Waals surface area (Å²) in [5.41, 5.74) is 1.07. The minimum Gasteiger partial charge on any atom is -0.487 e. The van der Waals surface area contributed by atoms with Crippen molar-refractivity contribution >= 4 is 23.2 Å². The Kier molecular flexibility index (Phi) is 6.80. The van der Waals surface area contributed by atoms with Gasteiger partial charge in [0.15, 0.2) is 5.96 Å². The Morgan fingerprint density at radius 2 is 2.03 bits per heavy atom. The average molecular weight is 441 g/mol. The fourth-order valence-corrected chi connectivity index (χ4v) is 5.15. The largest absolute Gasteiger partial charge is 0.487 e.